The van der Waals surface area contributed by atoms with E-state index >= 15 is 0 Å². The number of hydrogen-bond donors (Lipinski definition) is 0. The van der Waals surface area contributed by atoms with Gasteiger partial charge in [0, 0.05) is 0 Å². The number of carbonyl (C=O) groups excluding carboxylic acids is 1. The molecule has 0 spiro atoms. The fourth-order valence-corrected chi connectivity index (χ4v) is 3.00. The Balaban J connectivity index is 1.87. The van der Waals surface area contributed by atoms with Crippen molar-refractivity contribution in [1.29, 1.82) is 0 Å². The van der Waals surface area contributed by atoms with E-state index in [1.165, 1.54) is 18.2 Å². The zero-order valence-electron chi connectivity index (χ0n) is 12.7. The van der Waals surface area contributed by atoms with Gasteiger partial charge in [-0.1, -0.05) is 48.0 Å². The Hall–Kier alpha value is -1.91. The van der Waals surface area contributed by atoms with Gasteiger partial charge >= 0.3 is 0 Å². The Bertz CT molecular complexity index is 687. The van der Waals surface area contributed by atoms with Crippen LogP contribution in [-0.2, 0) is 4.74 Å². The summed E-state index contributed by atoms with van der Waals surface area (Å²) in [5.74, 6) is -0.998. The van der Waals surface area contributed by atoms with Gasteiger partial charge in [-0.2, -0.15) is 0 Å². The monoisotopic (exact) mass is 333 g/mol. The molecule has 1 heterocycles. The molecule has 3 rings (SSSR count). The van der Waals surface area contributed by atoms with Gasteiger partial charge < -0.3 is 9.64 Å². The number of amides is 1. The van der Waals surface area contributed by atoms with Crippen LogP contribution < -0.4 is 0 Å². The molecule has 1 aliphatic rings. The molecular weight excluding hydrogens is 317 g/mol. The van der Waals surface area contributed by atoms with Crippen LogP contribution in [0.15, 0.2) is 48.5 Å². The van der Waals surface area contributed by atoms with E-state index in [4.69, 9.17) is 16.3 Å². The molecular formula is C18H17ClFNO2. The minimum absolute atomic E-state index is 0.0743. The Morgan fingerprint density at radius 2 is 1.96 bits per heavy atom. The molecule has 2 unspecified atom stereocenters. The highest BCUT2D eigenvalue weighted by atomic mass is 35.5. The third-order valence-electron chi connectivity index (χ3n) is 4.04. The van der Waals surface area contributed by atoms with E-state index in [2.05, 4.69) is 0 Å². The lowest BCUT2D eigenvalue weighted by molar-refractivity contribution is -0.0487. The van der Waals surface area contributed by atoms with Crippen molar-refractivity contribution < 1.29 is 13.9 Å². The van der Waals surface area contributed by atoms with Gasteiger partial charge in [0.15, 0.2) is 0 Å². The number of halogens is 2. The van der Waals surface area contributed by atoms with Crippen molar-refractivity contribution in [2.45, 2.75) is 19.1 Å². The number of nitrogens with zero attached hydrogens (tertiary/aromatic N) is 1. The van der Waals surface area contributed by atoms with E-state index in [0.29, 0.717) is 13.2 Å². The van der Waals surface area contributed by atoms with Gasteiger partial charge in [0.1, 0.15) is 11.9 Å². The number of morpholine rings is 1. The number of benzene rings is 2. The number of rotatable bonds is 2. The molecule has 3 nitrogen and oxygen atoms in total. The summed E-state index contributed by atoms with van der Waals surface area (Å²) < 4.78 is 19.9. The molecule has 1 amide bonds. The molecule has 0 saturated carbocycles. The maximum atomic E-state index is 14.0. The van der Waals surface area contributed by atoms with Crippen molar-refractivity contribution in [1.82, 2.24) is 4.90 Å². The van der Waals surface area contributed by atoms with E-state index in [0.717, 1.165) is 5.56 Å². The first-order chi connectivity index (χ1) is 11.1. The van der Waals surface area contributed by atoms with Crippen molar-refractivity contribution in [3.63, 3.8) is 0 Å². The second kappa shape index (κ2) is 6.69. The molecule has 2 aromatic rings. The first-order valence-electron chi connectivity index (χ1n) is 7.49. The summed E-state index contributed by atoms with van der Waals surface area (Å²) in [5.41, 5.74) is 0.923. The van der Waals surface area contributed by atoms with Gasteiger partial charge in [0.25, 0.3) is 5.91 Å². The minimum Gasteiger partial charge on any atom is -0.370 e. The molecule has 0 radical (unpaired) electrons. The van der Waals surface area contributed by atoms with Crippen LogP contribution in [0, 0.1) is 5.82 Å². The predicted octanol–water partition coefficient (Wildman–Crippen LogP) is 4.08. The largest absolute Gasteiger partial charge is 0.370 e. The van der Waals surface area contributed by atoms with Crippen LogP contribution in [0.3, 0.4) is 0 Å². The lowest BCUT2D eigenvalue weighted by Crippen LogP contribution is -2.48. The van der Waals surface area contributed by atoms with Crippen molar-refractivity contribution in [2.24, 2.45) is 0 Å². The summed E-state index contributed by atoms with van der Waals surface area (Å²) in [5, 5.41) is 0.130. The second-order valence-corrected chi connectivity index (χ2v) is 6.04. The Kier molecular flexibility index (Phi) is 4.64. The van der Waals surface area contributed by atoms with E-state index in [1.807, 2.05) is 37.3 Å². The first-order valence-corrected chi connectivity index (χ1v) is 7.87. The van der Waals surface area contributed by atoms with Crippen LogP contribution in [0.5, 0.6) is 0 Å². The minimum atomic E-state index is -0.600. The molecule has 1 aliphatic heterocycles. The van der Waals surface area contributed by atoms with Gasteiger partial charge in [-0.3, -0.25) is 4.79 Å². The van der Waals surface area contributed by atoms with Crippen LogP contribution in [-0.4, -0.2) is 30.0 Å². The molecule has 120 valence electrons. The average Bonchev–Trinajstić information content (AvgIpc) is 2.56. The van der Waals surface area contributed by atoms with Crippen LogP contribution >= 0.6 is 11.6 Å². The van der Waals surface area contributed by atoms with Gasteiger partial charge in [-0.15, -0.1) is 0 Å². The highest BCUT2D eigenvalue weighted by Crippen LogP contribution is 2.28. The quantitative estimate of drug-likeness (QED) is 0.828. The topological polar surface area (TPSA) is 29.5 Å². The number of hydrogen-bond acceptors (Lipinski definition) is 2. The Labute approximate surface area is 139 Å². The zero-order valence-corrected chi connectivity index (χ0v) is 13.5. The molecule has 0 aromatic heterocycles. The molecule has 2 aromatic carbocycles. The lowest BCUT2D eigenvalue weighted by atomic mass is 10.0. The van der Waals surface area contributed by atoms with Gasteiger partial charge in [0.2, 0.25) is 0 Å². The Morgan fingerprint density at radius 3 is 2.65 bits per heavy atom. The van der Waals surface area contributed by atoms with Crippen LogP contribution in [0.25, 0.3) is 0 Å². The third-order valence-corrected chi connectivity index (χ3v) is 4.36. The highest BCUT2D eigenvalue weighted by molar-refractivity contribution is 6.33. The Morgan fingerprint density at radius 1 is 1.22 bits per heavy atom. The van der Waals surface area contributed by atoms with Crippen molar-refractivity contribution in [2.75, 3.05) is 13.2 Å². The first kappa shape index (κ1) is 16.0. The number of ether oxygens (including phenoxy) is 1. The maximum absolute atomic E-state index is 14.0. The summed E-state index contributed by atoms with van der Waals surface area (Å²) in [6.45, 7) is 2.65. The van der Waals surface area contributed by atoms with Crippen LogP contribution in [0.1, 0.15) is 28.9 Å². The standard InChI is InChI=1S/C18H17ClFNO2/c1-12-11-23-16(13-6-3-2-4-7-13)10-21(12)18(22)17-14(19)8-5-9-15(17)20/h2-9,12,16H,10-11H2,1H3. The fraction of sp³-hybridized carbons (Fsp3) is 0.278. The van der Waals surface area contributed by atoms with E-state index in [-0.39, 0.29) is 22.7 Å². The zero-order chi connectivity index (χ0) is 16.4. The number of carbonyl (C=O) groups is 1. The van der Waals surface area contributed by atoms with Gasteiger partial charge in [0.05, 0.1) is 29.8 Å². The van der Waals surface area contributed by atoms with Crippen LogP contribution in [0.2, 0.25) is 5.02 Å². The second-order valence-electron chi connectivity index (χ2n) is 5.64. The van der Waals surface area contributed by atoms with Crippen molar-refractivity contribution >= 4 is 17.5 Å². The SMILES string of the molecule is CC1COC(c2ccccc2)CN1C(=O)c1c(F)cccc1Cl. The van der Waals surface area contributed by atoms with E-state index in [9.17, 15) is 9.18 Å². The van der Waals surface area contributed by atoms with Crippen LogP contribution in [0.4, 0.5) is 4.39 Å². The molecule has 23 heavy (non-hydrogen) atoms. The van der Waals surface area contributed by atoms with Crippen molar-refractivity contribution in [3.05, 3.63) is 70.5 Å². The molecule has 2 atom stereocenters. The summed E-state index contributed by atoms with van der Waals surface area (Å²) in [6, 6.07) is 13.8. The third kappa shape index (κ3) is 3.23. The molecule has 1 saturated heterocycles. The summed E-state index contributed by atoms with van der Waals surface area (Å²) in [4.78, 5) is 14.4. The summed E-state index contributed by atoms with van der Waals surface area (Å²) in [7, 11) is 0. The highest BCUT2D eigenvalue weighted by Gasteiger charge is 2.33. The fourth-order valence-electron chi connectivity index (χ4n) is 2.75. The lowest BCUT2D eigenvalue weighted by Gasteiger charge is -2.38. The summed E-state index contributed by atoms with van der Waals surface area (Å²) in [6.07, 6.45) is -0.220. The van der Waals surface area contributed by atoms with E-state index in [1.54, 1.807) is 4.90 Å². The molecule has 0 aliphatic carbocycles. The summed E-state index contributed by atoms with van der Waals surface area (Å²) >= 11 is 6.03. The van der Waals surface area contributed by atoms with Crippen molar-refractivity contribution in [3.8, 4) is 0 Å². The molecule has 0 bridgehead atoms. The molecule has 1 fully saturated rings. The van der Waals surface area contributed by atoms with Gasteiger partial charge in [-0.05, 0) is 24.6 Å². The normalized spacial score (nSPS) is 21.3. The predicted molar refractivity (Wildman–Crippen MR) is 87.0 cm³/mol. The smallest absolute Gasteiger partial charge is 0.258 e. The molecule has 5 heteroatoms. The van der Waals surface area contributed by atoms with E-state index < -0.39 is 11.7 Å². The van der Waals surface area contributed by atoms with Gasteiger partial charge in [-0.25, -0.2) is 4.39 Å². The maximum Gasteiger partial charge on any atom is 0.258 e. The molecule has 0 N–H and O–H groups in total. The average molecular weight is 334 g/mol.